The van der Waals surface area contributed by atoms with Crippen LogP contribution >= 0.6 is 0 Å². The van der Waals surface area contributed by atoms with E-state index in [1.807, 2.05) is 36.4 Å². The molecule has 2 N–H and O–H groups in total. The van der Waals surface area contributed by atoms with E-state index in [0.717, 1.165) is 48.4 Å². The summed E-state index contributed by atoms with van der Waals surface area (Å²) in [5, 5.41) is 3.95. The molecular weight excluding hydrogens is 673 g/mol. The normalized spacial score (nSPS) is 29.7. The molecular formula is C38H46N4O8S. The quantitative estimate of drug-likeness (QED) is 0.316. The van der Waals surface area contributed by atoms with Gasteiger partial charge in [0.05, 0.1) is 30.7 Å². The Morgan fingerprint density at radius 3 is 2.61 bits per heavy atom. The predicted molar refractivity (Wildman–Crippen MR) is 189 cm³/mol. The van der Waals surface area contributed by atoms with Gasteiger partial charge in [0.25, 0.3) is 5.91 Å². The van der Waals surface area contributed by atoms with Crippen molar-refractivity contribution in [2.75, 3.05) is 13.2 Å². The molecule has 1 aromatic heterocycles. The second kappa shape index (κ2) is 14.4. The number of pyridine rings is 1. The number of esters is 1. The van der Waals surface area contributed by atoms with Crippen LogP contribution < -0.4 is 14.8 Å². The van der Waals surface area contributed by atoms with Crippen LogP contribution in [0.3, 0.4) is 0 Å². The van der Waals surface area contributed by atoms with Crippen LogP contribution in [0, 0.1) is 17.8 Å². The standard InChI is InChI=1S/C38H46N4O8S/c1-2-27-22-38(27,37(46)41-51(47,48)29-14-15-29)40-34(44)32-20-28-23-42(32)36(45)31(25-10-6-3-7-11-25)21-33(43)49-18-8-4-5-9-24-12-13-26-16-17-39-35(50-28)30(26)19-24/h2,5,9,12-13,16-17,19,25,27-29,31-32H,1,3-4,6-8,10-11,14-15,18,20-23H2,(H,40,44)(H,41,46)/b9-5+/t27-,28+,31-,32-,38+/m0/s1. The number of rotatable bonds is 7. The zero-order valence-corrected chi connectivity index (χ0v) is 29.6. The van der Waals surface area contributed by atoms with E-state index in [2.05, 4.69) is 21.6 Å². The summed E-state index contributed by atoms with van der Waals surface area (Å²) in [6.07, 6.45) is 13.6. The first-order valence-electron chi connectivity index (χ1n) is 18.3. The summed E-state index contributed by atoms with van der Waals surface area (Å²) in [5.74, 6) is -3.01. The van der Waals surface area contributed by atoms with Crippen LogP contribution in [0.25, 0.3) is 16.8 Å². The zero-order chi connectivity index (χ0) is 35.8. The number of hydrogen-bond acceptors (Lipinski definition) is 9. The molecule has 13 heteroatoms. The van der Waals surface area contributed by atoms with Gasteiger partial charge in [0.15, 0.2) is 0 Å². The number of amides is 3. The van der Waals surface area contributed by atoms with Crippen molar-refractivity contribution in [1.29, 1.82) is 0 Å². The first-order valence-corrected chi connectivity index (χ1v) is 19.8. The molecule has 5 atom stereocenters. The Hall–Kier alpha value is -4.26. The van der Waals surface area contributed by atoms with Crippen molar-refractivity contribution >= 4 is 50.6 Å². The summed E-state index contributed by atoms with van der Waals surface area (Å²) in [5.41, 5.74) is -0.559. The van der Waals surface area contributed by atoms with E-state index in [-0.39, 0.29) is 44.2 Å². The number of fused-ring (bicyclic) bond motifs is 3. The molecule has 4 fully saturated rings. The van der Waals surface area contributed by atoms with E-state index >= 15 is 0 Å². The lowest BCUT2D eigenvalue weighted by atomic mass is 9.77. The minimum Gasteiger partial charge on any atom is -0.472 e. The summed E-state index contributed by atoms with van der Waals surface area (Å²) in [4.78, 5) is 61.7. The van der Waals surface area contributed by atoms with Gasteiger partial charge in [-0.2, -0.15) is 0 Å². The second-order valence-corrected chi connectivity index (χ2v) is 16.7. The number of benzene rings is 1. The Labute approximate surface area is 298 Å². The van der Waals surface area contributed by atoms with Crippen LogP contribution in [0.4, 0.5) is 0 Å². The molecule has 3 saturated carbocycles. The number of allylic oxidation sites excluding steroid dienone is 1. The average Bonchev–Trinajstić information content (AvgIpc) is 4.05. The summed E-state index contributed by atoms with van der Waals surface area (Å²) in [6.45, 7) is 4.09. The van der Waals surface area contributed by atoms with E-state index < -0.39 is 62.6 Å². The highest BCUT2D eigenvalue weighted by Gasteiger charge is 2.62. The Bertz CT molecular complexity index is 1850. The predicted octanol–water partition coefficient (Wildman–Crippen LogP) is 4.19. The molecule has 1 aromatic carbocycles. The lowest BCUT2D eigenvalue weighted by molar-refractivity contribution is -0.152. The van der Waals surface area contributed by atoms with E-state index in [1.54, 1.807) is 6.20 Å². The fourth-order valence-electron chi connectivity index (χ4n) is 7.96. The van der Waals surface area contributed by atoms with Gasteiger partial charge in [-0.05, 0) is 73.9 Å². The molecule has 2 aliphatic heterocycles. The summed E-state index contributed by atoms with van der Waals surface area (Å²) < 4.78 is 39.7. The summed E-state index contributed by atoms with van der Waals surface area (Å²) in [6, 6.07) is 6.82. The van der Waals surface area contributed by atoms with Crippen molar-refractivity contribution in [3.8, 4) is 5.88 Å². The maximum absolute atomic E-state index is 14.7. The zero-order valence-electron chi connectivity index (χ0n) is 28.8. The number of nitrogens with one attached hydrogen (secondary N) is 2. The SMILES string of the molecule is C=C[C@H]1C[C@]1(NC(=O)[C@@H]1C[C@@H]2CN1C(=O)[C@H](C1CCCCC1)CC(=O)OCCC/C=C/c1ccc3ccnc(c3c1)O2)C(=O)NS(=O)(=O)C1CC1. The number of aromatic nitrogens is 1. The number of sulfonamides is 1. The minimum absolute atomic E-state index is 0.0486. The molecule has 3 aliphatic carbocycles. The first-order chi connectivity index (χ1) is 24.6. The van der Waals surface area contributed by atoms with Gasteiger partial charge < -0.3 is 19.7 Å². The van der Waals surface area contributed by atoms with Crippen LogP contribution in [-0.2, 0) is 33.9 Å². The molecule has 0 radical (unpaired) electrons. The third-order valence-corrected chi connectivity index (χ3v) is 13.0. The number of carbonyl (C=O) groups is 4. The lowest BCUT2D eigenvalue weighted by Gasteiger charge is -2.34. The minimum atomic E-state index is -3.87. The molecule has 5 aliphatic rings. The van der Waals surface area contributed by atoms with Crippen LogP contribution in [-0.4, -0.2) is 78.1 Å². The maximum Gasteiger partial charge on any atom is 0.306 e. The molecule has 4 bridgehead atoms. The van der Waals surface area contributed by atoms with Crippen LogP contribution in [0.2, 0.25) is 0 Å². The van der Waals surface area contributed by atoms with Crippen LogP contribution in [0.5, 0.6) is 5.88 Å². The topological polar surface area (TPSA) is 161 Å². The van der Waals surface area contributed by atoms with Crippen molar-refractivity contribution in [3.63, 3.8) is 0 Å². The fraction of sp³-hybridized carbons (Fsp3) is 0.553. The highest BCUT2D eigenvalue weighted by molar-refractivity contribution is 7.91. The van der Waals surface area contributed by atoms with Crippen LogP contribution in [0.15, 0.2) is 49.2 Å². The lowest BCUT2D eigenvalue weighted by Crippen LogP contribution is -2.57. The molecule has 3 heterocycles. The largest absolute Gasteiger partial charge is 0.472 e. The molecule has 272 valence electrons. The van der Waals surface area contributed by atoms with Gasteiger partial charge in [-0.1, -0.05) is 49.6 Å². The van der Waals surface area contributed by atoms with E-state index in [1.165, 1.54) is 11.0 Å². The van der Waals surface area contributed by atoms with Crippen molar-refractivity contribution in [3.05, 3.63) is 54.8 Å². The van der Waals surface area contributed by atoms with Crippen LogP contribution in [0.1, 0.15) is 82.6 Å². The van der Waals surface area contributed by atoms with Gasteiger partial charge in [-0.25, -0.2) is 13.4 Å². The van der Waals surface area contributed by atoms with Gasteiger partial charge in [0.1, 0.15) is 17.7 Å². The highest BCUT2D eigenvalue weighted by atomic mass is 32.2. The Kier molecular flexibility index (Phi) is 9.93. The average molecular weight is 719 g/mol. The second-order valence-electron chi connectivity index (χ2n) is 14.7. The molecule has 51 heavy (non-hydrogen) atoms. The number of carbonyl (C=O) groups excluding carboxylic acids is 4. The molecule has 2 aromatic rings. The summed E-state index contributed by atoms with van der Waals surface area (Å²) >= 11 is 0. The third kappa shape index (κ3) is 7.54. The molecule has 0 spiro atoms. The van der Waals surface area contributed by atoms with Crippen molar-refractivity contribution < 1.29 is 37.1 Å². The highest BCUT2D eigenvalue weighted by Crippen LogP contribution is 2.46. The Morgan fingerprint density at radius 2 is 1.86 bits per heavy atom. The molecule has 3 amide bonds. The first kappa shape index (κ1) is 35.2. The van der Waals surface area contributed by atoms with Crippen molar-refractivity contribution in [1.82, 2.24) is 19.9 Å². The van der Waals surface area contributed by atoms with E-state index in [9.17, 15) is 27.6 Å². The number of hydrogen-bond donors (Lipinski definition) is 2. The monoisotopic (exact) mass is 718 g/mol. The smallest absolute Gasteiger partial charge is 0.306 e. The molecule has 1 saturated heterocycles. The van der Waals surface area contributed by atoms with Gasteiger partial charge in [0, 0.05) is 23.9 Å². The van der Waals surface area contributed by atoms with Gasteiger partial charge >= 0.3 is 5.97 Å². The number of ether oxygens (including phenoxy) is 2. The van der Waals surface area contributed by atoms with Crippen molar-refractivity contribution in [2.24, 2.45) is 17.8 Å². The maximum atomic E-state index is 14.7. The summed E-state index contributed by atoms with van der Waals surface area (Å²) in [7, 11) is -3.87. The Morgan fingerprint density at radius 1 is 1.06 bits per heavy atom. The Balaban J connectivity index is 1.21. The van der Waals surface area contributed by atoms with Gasteiger partial charge in [-0.15, -0.1) is 6.58 Å². The molecule has 7 rings (SSSR count). The number of cyclic esters (lactones) is 1. The fourth-order valence-corrected chi connectivity index (χ4v) is 9.32. The van der Waals surface area contributed by atoms with E-state index in [4.69, 9.17) is 9.47 Å². The third-order valence-electron chi connectivity index (χ3n) is 11.1. The van der Waals surface area contributed by atoms with Gasteiger partial charge in [-0.3, -0.25) is 23.9 Å². The van der Waals surface area contributed by atoms with E-state index in [0.29, 0.717) is 31.6 Å². The van der Waals surface area contributed by atoms with Crippen molar-refractivity contribution in [2.45, 2.75) is 100.0 Å². The molecule has 12 nitrogen and oxygen atoms in total. The van der Waals surface area contributed by atoms with Gasteiger partial charge in [0.2, 0.25) is 27.7 Å². The number of nitrogens with zero attached hydrogens (tertiary/aromatic N) is 2. The molecule has 0 unspecified atom stereocenters.